The maximum absolute atomic E-state index is 14.6. The summed E-state index contributed by atoms with van der Waals surface area (Å²) in [7, 11) is -4.37. The number of hydrogen-bond donors (Lipinski definition) is 2. The Morgan fingerprint density at radius 1 is 1.06 bits per heavy atom. The van der Waals surface area contributed by atoms with Crippen molar-refractivity contribution >= 4 is 56.7 Å². The highest BCUT2D eigenvalue weighted by molar-refractivity contribution is 7.89. The third-order valence-corrected chi connectivity index (χ3v) is 11.3. The van der Waals surface area contributed by atoms with Gasteiger partial charge in [0.2, 0.25) is 11.9 Å². The van der Waals surface area contributed by atoms with Crippen LogP contribution in [-0.2, 0) is 31.6 Å². The molecule has 0 saturated carbocycles. The fraction of sp³-hybridized carbons (Fsp3) is 0.382. The molecule has 1 saturated heterocycles. The van der Waals surface area contributed by atoms with Crippen molar-refractivity contribution in [2.45, 2.75) is 69.1 Å². The molecule has 0 aliphatic carbocycles. The zero-order valence-electron chi connectivity index (χ0n) is 27.3. The average Bonchev–Trinajstić information content (AvgIpc) is 3.78. The number of sulfonamides is 1. The van der Waals surface area contributed by atoms with E-state index in [1.165, 1.54) is 32.4 Å². The highest BCUT2D eigenvalue weighted by Crippen LogP contribution is 2.45. The Labute approximate surface area is 295 Å². The van der Waals surface area contributed by atoms with Gasteiger partial charge in [-0.05, 0) is 61.4 Å². The molecule has 1 fully saturated rings. The minimum absolute atomic E-state index is 0.0833. The molecule has 49 heavy (non-hydrogen) atoms. The van der Waals surface area contributed by atoms with Gasteiger partial charge in [0.05, 0.1) is 24.5 Å². The third-order valence-electron chi connectivity index (χ3n) is 8.97. The molecule has 6 rings (SSSR count). The van der Waals surface area contributed by atoms with Crippen LogP contribution in [0.5, 0.6) is 0 Å². The van der Waals surface area contributed by atoms with Gasteiger partial charge in [0.25, 0.3) is 15.9 Å². The number of amides is 2. The summed E-state index contributed by atoms with van der Waals surface area (Å²) in [6, 6.07) is 10.7. The van der Waals surface area contributed by atoms with Crippen molar-refractivity contribution < 1.29 is 23.1 Å². The van der Waals surface area contributed by atoms with Gasteiger partial charge in [-0.25, -0.2) is 28.3 Å². The Bertz CT molecular complexity index is 1950. The van der Waals surface area contributed by atoms with E-state index in [2.05, 4.69) is 20.3 Å². The standard InChI is InChI=1S/C34H37Cl2N7O5S/c1-21(2)11-27(19-44)40-31(45)29-5-4-10-41(29)49(47,48)30-18-39-33-42(28-13-25(35)12-26(36)14-28)32(46)34(3,43(30)33)15-22-6-8-23(9-7-22)24-16-37-20-38-17-24/h6-9,12-14,16-18,20-21,27,29,44H,4-5,10-11,15,19H2,1-3H3,(H,40,45)/t27-,29-,34+/m0/s1. The van der Waals surface area contributed by atoms with Crippen molar-refractivity contribution in [1.29, 1.82) is 0 Å². The monoisotopic (exact) mass is 725 g/mol. The van der Waals surface area contributed by atoms with E-state index >= 15 is 0 Å². The van der Waals surface area contributed by atoms with Crippen LogP contribution in [0, 0.1) is 5.92 Å². The normalized spacial score (nSPS) is 20.2. The number of nitrogens with zero attached hydrogens (tertiary/aromatic N) is 6. The molecule has 0 spiro atoms. The van der Waals surface area contributed by atoms with E-state index in [1.54, 1.807) is 31.5 Å². The molecule has 15 heteroatoms. The SMILES string of the molecule is CC(C)C[C@@H](CO)NC(=O)[C@@H]1CCCN1S(=O)(=O)c1cnc2n1[C@](C)(Cc1ccc(-c3cncnc3)cc1)C(=O)N2c1cc(Cl)cc(Cl)c1. The lowest BCUT2D eigenvalue weighted by molar-refractivity contribution is -0.125. The second kappa shape index (κ2) is 13.8. The van der Waals surface area contributed by atoms with Crippen LogP contribution >= 0.6 is 23.2 Å². The largest absolute Gasteiger partial charge is 0.394 e. The van der Waals surface area contributed by atoms with Crippen LogP contribution in [0.15, 0.2) is 72.4 Å². The summed E-state index contributed by atoms with van der Waals surface area (Å²) >= 11 is 12.7. The van der Waals surface area contributed by atoms with Crippen LogP contribution in [-0.4, -0.2) is 74.4 Å². The molecule has 0 radical (unpaired) electrons. The number of anilines is 2. The Hall–Kier alpha value is -3.88. The number of fused-ring (bicyclic) bond motifs is 1. The zero-order chi connectivity index (χ0) is 35.1. The van der Waals surface area contributed by atoms with Crippen LogP contribution in [0.4, 0.5) is 11.6 Å². The van der Waals surface area contributed by atoms with Gasteiger partial charge in [-0.15, -0.1) is 0 Å². The molecule has 12 nitrogen and oxygen atoms in total. The lowest BCUT2D eigenvalue weighted by Crippen LogP contribution is -2.50. The maximum Gasteiger partial charge on any atom is 0.261 e. The van der Waals surface area contributed by atoms with Crippen LogP contribution in [0.1, 0.15) is 45.6 Å². The molecule has 4 heterocycles. The van der Waals surface area contributed by atoms with Gasteiger partial charge in [0, 0.05) is 41.0 Å². The molecule has 2 aliphatic heterocycles. The maximum atomic E-state index is 14.6. The number of imidazole rings is 1. The van der Waals surface area contributed by atoms with Gasteiger partial charge in [0.15, 0.2) is 5.03 Å². The van der Waals surface area contributed by atoms with Crippen molar-refractivity contribution in [2.24, 2.45) is 5.92 Å². The highest BCUT2D eigenvalue weighted by atomic mass is 35.5. The number of aromatic nitrogens is 4. The minimum Gasteiger partial charge on any atom is -0.394 e. The van der Waals surface area contributed by atoms with Crippen LogP contribution in [0.2, 0.25) is 10.0 Å². The molecule has 258 valence electrons. The Morgan fingerprint density at radius 3 is 2.37 bits per heavy atom. The van der Waals surface area contributed by atoms with E-state index in [0.717, 1.165) is 16.7 Å². The van der Waals surface area contributed by atoms with Crippen molar-refractivity contribution in [1.82, 2.24) is 29.1 Å². The molecule has 2 aromatic heterocycles. The van der Waals surface area contributed by atoms with Crippen LogP contribution in [0.25, 0.3) is 11.1 Å². The summed E-state index contributed by atoms with van der Waals surface area (Å²) in [5.41, 5.74) is 1.34. The van der Waals surface area contributed by atoms with Crippen molar-refractivity contribution in [2.75, 3.05) is 18.1 Å². The average molecular weight is 727 g/mol. The first-order valence-electron chi connectivity index (χ1n) is 16.0. The molecular weight excluding hydrogens is 689 g/mol. The molecule has 3 atom stereocenters. The summed E-state index contributed by atoms with van der Waals surface area (Å²) in [5.74, 6) is -0.604. The number of aliphatic hydroxyl groups is 1. The van der Waals surface area contributed by atoms with E-state index in [4.69, 9.17) is 23.2 Å². The summed E-state index contributed by atoms with van der Waals surface area (Å²) in [6.45, 7) is 5.48. The van der Waals surface area contributed by atoms with E-state index < -0.39 is 39.5 Å². The van der Waals surface area contributed by atoms with Crippen molar-refractivity contribution in [3.63, 3.8) is 0 Å². The number of halogens is 2. The highest BCUT2D eigenvalue weighted by Gasteiger charge is 2.53. The number of benzene rings is 2. The number of carbonyl (C=O) groups is 2. The second-order valence-corrected chi connectivity index (χ2v) is 15.8. The van der Waals surface area contributed by atoms with E-state index in [1.807, 2.05) is 38.1 Å². The zero-order valence-corrected chi connectivity index (χ0v) is 29.6. The second-order valence-electron chi connectivity index (χ2n) is 13.1. The molecule has 4 aromatic rings. The Kier molecular flexibility index (Phi) is 9.84. The summed E-state index contributed by atoms with van der Waals surface area (Å²) in [4.78, 5) is 42.0. The molecule has 2 N–H and O–H groups in total. The molecular formula is C34H37Cl2N7O5S. The Morgan fingerprint density at radius 2 is 1.73 bits per heavy atom. The van der Waals surface area contributed by atoms with Gasteiger partial charge >= 0.3 is 0 Å². The lowest BCUT2D eigenvalue weighted by Gasteiger charge is -2.29. The van der Waals surface area contributed by atoms with Gasteiger partial charge < -0.3 is 10.4 Å². The quantitative estimate of drug-likeness (QED) is 0.220. The van der Waals surface area contributed by atoms with Crippen LogP contribution < -0.4 is 10.2 Å². The number of carbonyl (C=O) groups excluding carboxylic acids is 2. The lowest BCUT2D eigenvalue weighted by atomic mass is 9.91. The Balaban J connectivity index is 1.40. The number of rotatable bonds is 11. The summed E-state index contributed by atoms with van der Waals surface area (Å²) in [6.07, 6.45) is 7.53. The fourth-order valence-electron chi connectivity index (χ4n) is 6.73. The van der Waals surface area contributed by atoms with Crippen molar-refractivity contribution in [3.05, 3.63) is 83.0 Å². The first kappa shape index (κ1) is 35.0. The first-order chi connectivity index (χ1) is 23.3. The number of aliphatic hydroxyl groups excluding tert-OH is 1. The molecule has 0 bridgehead atoms. The summed E-state index contributed by atoms with van der Waals surface area (Å²) in [5, 5.41) is 13.1. The smallest absolute Gasteiger partial charge is 0.261 e. The van der Waals surface area contributed by atoms with E-state index in [0.29, 0.717) is 35.0 Å². The third kappa shape index (κ3) is 6.70. The molecule has 0 unspecified atom stereocenters. The molecule has 2 aliphatic rings. The predicted octanol–water partition coefficient (Wildman–Crippen LogP) is 4.96. The fourth-order valence-corrected chi connectivity index (χ4v) is 9.09. The van der Waals surface area contributed by atoms with Gasteiger partial charge in [-0.1, -0.05) is 61.3 Å². The van der Waals surface area contributed by atoms with Gasteiger partial charge in [-0.2, -0.15) is 4.31 Å². The van der Waals surface area contributed by atoms with Gasteiger partial charge in [0.1, 0.15) is 17.9 Å². The van der Waals surface area contributed by atoms with Gasteiger partial charge in [-0.3, -0.25) is 14.2 Å². The van der Waals surface area contributed by atoms with E-state index in [9.17, 15) is 23.1 Å². The first-order valence-corrected chi connectivity index (χ1v) is 18.2. The summed E-state index contributed by atoms with van der Waals surface area (Å²) < 4.78 is 31.7. The molecule has 2 amide bonds. The van der Waals surface area contributed by atoms with Crippen molar-refractivity contribution in [3.8, 4) is 11.1 Å². The topological polar surface area (TPSA) is 151 Å². The predicted molar refractivity (Wildman–Crippen MR) is 186 cm³/mol. The number of hydrogen-bond acceptors (Lipinski definition) is 8. The molecule has 2 aromatic carbocycles. The van der Waals surface area contributed by atoms with Crippen LogP contribution in [0.3, 0.4) is 0 Å². The minimum atomic E-state index is -4.37. The van der Waals surface area contributed by atoms with E-state index in [-0.39, 0.29) is 36.5 Å². The number of nitrogens with one attached hydrogen (secondary N) is 1.